The van der Waals surface area contributed by atoms with Gasteiger partial charge in [-0.15, -0.1) is 11.3 Å². The van der Waals surface area contributed by atoms with Gasteiger partial charge in [0, 0.05) is 17.5 Å². The molecule has 2 aromatic carbocycles. The van der Waals surface area contributed by atoms with Crippen molar-refractivity contribution in [2.24, 2.45) is 0 Å². The van der Waals surface area contributed by atoms with Crippen molar-refractivity contribution >= 4 is 38.1 Å². The number of benzene rings is 2. The number of nitrogens with zero attached hydrogens (tertiary/aromatic N) is 2. The fourth-order valence-electron chi connectivity index (χ4n) is 2.53. The van der Waals surface area contributed by atoms with Crippen LogP contribution in [0, 0.1) is 20.8 Å². The Hall–Kier alpha value is -2.71. The van der Waals surface area contributed by atoms with Crippen LogP contribution in [0.25, 0.3) is 0 Å². The van der Waals surface area contributed by atoms with Crippen LogP contribution in [0.5, 0.6) is 0 Å². The molecule has 1 aromatic heterocycles. The highest BCUT2D eigenvalue weighted by molar-refractivity contribution is 7.92. The van der Waals surface area contributed by atoms with E-state index in [4.69, 9.17) is 0 Å². The Morgan fingerprint density at radius 2 is 1.61 bits per heavy atom. The summed E-state index contributed by atoms with van der Waals surface area (Å²) in [5.41, 5.74) is 2.77. The fraction of sp³-hybridized carbons (Fsp3) is 0.200. The molecule has 0 saturated carbocycles. The number of rotatable bonds is 5. The van der Waals surface area contributed by atoms with E-state index in [-0.39, 0.29) is 10.8 Å². The molecule has 0 saturated heterocycles. The third-order valence-electron chi connectivity index (χ3n) is 4.42. The fourth-order valence-corrected chi connectivity index (χ4v) is 4.53. The molecule has 0 aliphatic heterocycles. The van der Waals surface area contributed by atoms with Gasteiger partial charge in [-0.2, -0.15) is 0 Å². The second-order valence-corrected chi connectivity index (χ2v) is 9.62. The Morgan fingerprint density at radius 1 is 1.00 bits per heavy atom. The summed E-state index contributed by atoms with van der Waals surface area (Å²) in [7, 11) is -2.18. The van der Waals surface area contributed by atoms with E-state index in [1.807, 2.05) is 20.8 Å². The summed E-state index contributed by atoms with van der Waals surface area (Å²) in [4.78, 5) is 18.0. The molecule has 1 N–H and O–H groups in total. The van der Waals surface area contributed by atoms with E-state index in [2.05, 4.69) is 10.3 Å². The van der Waals surface area contributed by atoms with Gasteiger partial charge in [-0.3, -0.25) is 14.4 Å². The van der Waals surface area contributed by atoms with Crippen LogP contribution < -0.4 is 9.62 Å². The number of carbonyl (C=O) groups excluding carboxylic acids is 1. The van der Waals surface area contributed by atoms with E-state index in [1.54, 1.807) is 48.5 Å². The number of aryl methyl sites for hydroxylation is 3. The molecule has 0 aliphatic rings. The second kappa shape index (κ2) is 7.73. The summed E-state index contributed by atoms with van der Waals surface area (Å²) < 4.78 is 26.8. The second-order valence-electron chi connectivity index (χ2n) is 6.45. The molecule has 3 aromatic rings. The zero-order valence-electron chi connectivity index (χ0n) is 16.1. The largest absolute Gasteiger partial charge is 0.298 e. The van der Waals surface area contributed by atoms with Gasteiger partial charge >= 0.3 is 0 Å². The van der Waals surface area contributed by atoms with Crippen LogP contribution in [0.3, 0.4) is 0 Å². The van der Waals surface area contributed by atoms with Gasteiger partial charge in [0.2, 0.25) is 0 Å². The summed E-state index contributed by atoms with van der Waals surface area (Å²) in [5, 5.41) is 3.31. The molecule has 28 heavy (non-hydrogen) atoms. The van der Waals surface area contributed by atoms with Gasteiger partial charge in [0.15, 0.2) is 5.13 Å². The monoisotopic (exact) mass is 415 g/mol. The van der Waals surface area contributed by atoms with Gasteiger partial charge in [-0.05, 0) is 57.2 Å². The number of carbonyl (C=O) groups is 1. The minimum atomic E-state index is -3.67. The molecule has 0 atom stereocenters. The molecule has 0 unspecified atom stereocenters. The highest BCUT2D eigenvalue weighted by Gasteiger charge is 2.21. The quantitative estimate of drug-likeness (QED) is 0.679. The molecule has 1 heterocycles. The number of sulfonamides is 1. The van der Waals surface area contributed by atoms with Crippen molar-refractivity contribution < 1.29 is 13.2 Å². The first kappa shape index (κ1) is 20.0. The van der Waals surface area contributed by atoms with E-state index < -0.39 is 10.0 Å². The Balaban J connectivity index is 1.77. The van der Waals surface area contributed by atoms with Crippen molar-refractivity contribution in [2.45, 2.75) is 25.7 Å². The summed E-state index contributed by atoms with van der Waals surface area (Å²) in [5.74, 6) is -0.288. The van der Waals surface area contributed by atoms with Gasteiger partial charge < -0.3 is 0 Å². The van der Waals surface area contributed by atoms with Gasteiger partial charge in [0.05, 0.1) is 16.3 Å². The maximum atomic E-state index is 12.8. The lowest BCUT2D eigenvalue weighted by Gasteiger charge is -2.20. The van der Waals surface area contributed by atoms with Crippen LogP contribution in [-0.4, -0.2) is 26.4 Å². The first-order valence-corrected chi connectivity index (χ1v) is 10.8. The van der Waals surface area contributed by atoms with E-state index in [0.717, 1.165) is 16.1 Å². The Labute approximate surface area is 168 Å². The smallest absolute Gasteiger partial charge is 0.264 e. The number of nitrogens with one attached hydrogen (secondary N) is 1. The molecule has 146 valence electrons. The van der Waals surface area contributed by atoms with Crippen molar-refractivity contribution in [1.82, 2.24) is 4.98 Å². The summed E-state index contributed by atoms with van der Waals surface area (Å²) >= 11 is 1.42. The lowest BCUT2D eigenvalue weighted by atomic mass is 10.2. The molecule has 0 spiro atoms. The maximum absolute atomic E-state index is 12.8. The number of thiazole rings is 1. The van der Waals surface area contributed by atoms with Crippen LogP contribution in [0.2, 0.25) is 0 Å². The molecule has 0 aliphatic carbocycles. The van der Waals surface area contributed by atoms with E-state index in [9.17, 15) is 13.2 Å². The number of amides is 1. The Kier molecular flexibility index (Phi) is 5.53. The van der Waals surface area contributed by atoms with E-state index in [1.165, 1.54) is 22.7 Å². The Bertz CT molecular complexity index is 1080. The average Bonchev–Trinajstić information content (AvgIpc) is 2.98. The molecular weight excluding hydrogens is 394 g/mol. The molecule has 0 radical (unpaired) electrons. The highest BCUT2D eigenvalue weighted by Crippen LogP contribution is 2.24. The number of hydrogen-bond donors (Lipinski definition) is 1. The van der Waals surface area contributed by atoms with Crippen LogP contribution in [-0.2, 0) is 10.0 Å². The minimum absolute atomic E-state index is 0.219. The minimum Gasteiger partial charge on any atom is -0.298 e. The average molecular weight is 416 g/mol. The number of anilines is 2. The van der Waals surface area contributed by atoms with Crippen LogP contribution in [0.1, 0.15) is 26.5 Å². The van der Waals surface area contributed by atoms with Crippen molar-refractivity contribution in [3.8, 4) is 0 Å². The van der Waals surface area contributed by atoms with Gasteiger partial charge in [-0.1, -0.05) is 17.7 Å². The Morgan fingerprint density at radius 3 is 2.14 bits per heavy atom. The molecule has 1 amide bonds. The topological polar surface area (TPSA) is 79.4 Å². The maximum Gasteiger partial charge on any atom is 0.264 e. The third-order valence-corrected chi connectivity index (χ3v) is 7.21. The summed E-state index contributed by atoms with van der Waals surface area (Å²) in [6.07, 6.45) is 0. The van der Waals surface area contributed by atoms with Crippen molar-refractivity contribution in [2.75, 3.05) is 16.7 Å². The zero-order chi connectivity index (χ0) is 20.5. The molecule has 0 bridgehead atoms. The predicted octanol–water partition coefficient (Wildman–Crippen LogP) is 4.15. The first-order valence-electron chi connectivity index (χ1n) is 8.59. The summed E-state index contributed by atoms with van der Waals surface area (Å²) in [6.45, 7) is 5.74. The van der Waals surface area contributed by atoms with Gasteiger partial charge in [-0.25, -0.2) is 13.4 Å². The van der Waals surface area contributed by atoms with Crippen molar-refractivity contribution in [3.05, 3.63) is 70.2 Å². The lowest BCUT2D eigenvalue weighted by Crippen LogP contribution is -2.26. The normalized spacial score (nSPS) is 11.3. The van der Waals surface area contributed by atoms with Crippen LogP contribution in [0.15, 0.2) is 53.4 Å². The highest BCUT2D eigenvalue weighted by atomic mass is 32.2. The molecule has 8 heteroatoms. The van der Waals surface area contributed by atoms with Crippen LogP contribution >= 0.6 is 11.3 Å². The SMILES string of the molecule is Cc1ccc(S(=O)(=O)N(C)c2ccc(C(=O)Nc3nc(C)c(C)s3)cc2)cc1. The van der Waals surface area contributed by atoms with Crippen molar-refractivity contribution in [1.29, 1.82) is 0 Å². The third kappa shape index (κ3) is 4.07. The number of hydrogen-bond acceptors (Lipinski definition) is 5. The van der Waals surface area contributed by atoms with Crippen molar-refractivity contribution in [3.63, 3.8) is 0 Å². The predicted molar refractivity (Wildman–Crippen MR) is 113 cm³/mol. The van der Waals surface area contributed by atoms with Gasteiger partial charge in [0.1, 0.15) is 0 Å². The molecular formula is C20H21N3O3S2. The zero-order valence-corrected chi connectivity index (χ0v) is 17.7. The first-order chi connectivity index (χ1) is 13.2. The van der Waals surface area contributed by atoms with Gasteiger partial charge in [0.25, 0.3) is 15.9 Å². The van der Waals surface area contributed by atoms with Crippen LogP contribution in [0.4, 0.5) is 10.8 Å². The van der Waals surface area contributed by atoms with E-state index in [0.29, 0.717) is 16.4 Å². The summed E-state index contributed by atoms with van der Waals surface area (Å²) in [6, 6.07) is 13.1. The molecule has 0 fully saturated rings. The standard InChI is InChI=1S/C20H21N3O3S2/c1-13-5-11-18(12-6-13)28(25,26)23(4)17-9-7-16(8-10-17)19(24)22-20-21-14(2)15(3)27-20/h5-12H,1-4H3,(H,21,22,24). The molecule has 6 nitrogen and oxygen atoms in total. The lowest BCUT2D eigenvalue weighted by molar-refractivity contribution is 0.102. The van der Waals surface area contributed by atoms with E-state index >= 15 is 0 Å². The molecule has 3 rings (SSSR count). The number of aromatic nitrogens is 1.